The van der Waals surface area contributed by atoms with E-state index < -0.39 is 5.91 Å². The third kappa shape index (κ3) is 1.59. The minimum Gasteiger partial charge on any atom is -0.366 e. The summed E-state index contributed by atoms with van der Waals surface area (Å²) in [4.78, 5) is 10.9. The molecule has 2 nitrogen and oxygen atoms in total. The molecule has 0 atom stereocenters. The summed E-state index contributed by atoms with van der Waals surface area (Å²) in [6.07, 6.45) is 0. The van der Waals surface area contributed by atoms with E-state index in [0.29, 0.717) is 10.6 Å². The van der Waals surface area contributed by atoms with Crippen molar-refractivity contribution in [2.75, 3.05) is 0 Å². The minimum absolute atomic E-state index is 0.432. The smallest absolute Gasteiger partial charge is 0.249 e. The molecule has 0 aromatic heterocycles. The highest BCUT2D eigenvalue weighted by Gasteiger charge is 2.07. The monoisotopic (exact) mass is 183 g/mol. The van der Waals surface area contributed by atoms with Gasteiger partial charge in [-0.05, 0) is 37.1 Å². The fourth-order valence-corrected chi connectivity index (χ4v) is 1.34. The lowest BCUT2D eigenvalue weighted by Gasteiger charge is -2.05. The second-order valence-electron chi connectivity index (χ2n) is 2.76. The Balaban J connectivity index is 3.37. The number of hydrogen-bond donors (Lipinski definition) is 1. The molecule has 0 aliphatic carbocycles. The lowest BCUT2D eigenvalue weighted by molar-refractivity contribution is 0.0999. The van der Waals surface area contributed by atoms with Gasteiger partial charge in [0, 0.05) is 10.6 Å². The van der Waals surface area contributed by atoms with Crippen molar-refractivity contribution in [2.24, 2.45) is 5.73 Å². The Kier molecular flexibility index (Phi) is 2.38. The molecule has 1 aromatic carbocycles. The van der Waals surface area contributed by atoms with Crippen molar-refractivity contribution in [3.63, 3.8) is 0 Å². The molecule has 1 aromatic rings. The minimum atomic E-state index is -0.432. The Labute approximate surface area is 76.3 Å². The van der Waals surface area contributed by atoms with Crippen LogP contribution in [0.5, 0.6) is 0 Å². The predicted octanol–water partition coefficient (Wildman–Crippen LogP) is 2.06. The molecule has 64 valence electrons. The van der Waals surface area contributed by atoms with E-state index in [1.54, 1.807) is 6.07 Å². The van der Waals surface area contributed by atoms with E-state index in [2.05, 4.69) is 0 Å². The highest BCUT2D eigenvalue weighted by molar-refractivity contribution is 6.31. The number of carbonyl (C=O) groups excluding carboxylic acids is 1. The topological polar surface area (TPSA) is 43.1 Å². The summed E-state index contributed by atoms with van der Waals surface area (Å²) >= 11 is 5.76. The first-order chi connectivity index (χ1) is 5.52. The highest BCUT2D eigenvalue weighted by atomic mass is 35.5. The molecular formula is C9H10ClNO. The Bertz CT molecular complexity index is 334. The Morgan fingerprint density at radius 2 is 2.00 bits per heavy atom. The highest BCUT2D eigenvalue weighted by Crippen LogP contribution is 2.19. The van der Waals surface area contributed by atoms with Gasteiger partial charge in [-0.3, -0.25) is 4.79 Å². The number of primary amides is 1. The molecule has 2 N–H and O–H groups in total. The van der Waals surface area contributed by atoms with Crippen molar-refractivity contribution in [3.05, 3.63) is 33.8 Å². The first-order valence-electron chi connectivity index (χ1n) is 3.59. The number of nitrogens with two attached hydrogens (primary N) is 1. The van der Waals surface area contributed by atoms with Crippen LogP contribution in [0.1, 0.15) is 21.5 Å². The molecule has 0 aliphatic rings. The van der Waals surface area contributed by atoms with Crippen molar-refractivity contribution in [1.82, 2.24) is 0 Å². The Morgan fingerprint density at radius 1 is 1.42 bits per heavy atom. The summed E-state index contributed by atoms with van der Waals surface area (Å²) in [7, 11) is 0. The van der Waals surface area contributed by atoms with Crippen LogP contribution in [0.25, 0.3) is 0 Å². The molecule has 0 saturated heterocycles. The zero-order chi connectivity index (χ0) is 9.30. The van der Waals surface area contributed by atoms with Gasteiger partial charge in [0.25, 0.3) is 0 Å². The van der Waals surface area contributed by atoms with Gasteiger partial charge in [-0.15, -0.1) is 0 Å². The van der Waals surface area contributed by atoms with Crippen molar-refractivity contribution in [2.45, 2.75) is 13.8 Å². The van der Waals surface area contributed by atoms with Gasteiger partial charge >= 0.3 is 0 Å². The van der Waals surface area contributed by atoms with Gasteiger partial charge in [0.05, 0.1) is 0 Å². The molecule has 1 rings (SSSR count). The van der Waals surface area contributed by atoms with Gasteiger partial charge in [-0.25, -0.2) is 0 Å². The molecule has 3 heteroatoms. The van der Waals surface area contributed by atoms with Gasteiger partial charge < -0.3 is 5.73 Å². The maximum absolute atomic E-state index is 10.9. The summed E-state index contributed by atoms with van der Waals surface area (Å²) in [6, 6.07) is 3.40. The SMILES string of the molecule is Cc1cc(Cl)cc(C(N)=O)c1C. The molecule has 0 fully saturated rings. The van der Waals surface area contributed by atoms with E-state index in [9.17, 15) is 4.79 Å². The van der Waals surface area contributed by atoms with Crippen LogP contribution < -0.4 is 5.73 Å². The zero-order valence-corrected chi connectivity index (χ0v) is 7.77. The number of carbonyl (C=O) groups is 1. The molecule has 0 spiro atoms. The molecule has 12 heavy (non-hydrogen) atoms. The standard InChI is InChI=1S/C9H10ClNO/c1-5-3-7(10)4-8(6(5)2)9(11)12/h3-4H,1-2H3,(H2,11,12). The van der Waals surface area contributed by atoms with E-state index in [0.717, 1.165) is 11.1 Å². The van der Waals surface area contributed by atoms with Gasteiger partial charge in [-0.1, -0.05) is 11.6 Å². The Hall–Kier alpha value is -1.02. The molecule has 0 saturated carbocycles. The molecule has 0 bridgehead atoms. The van der Waals surface area contributed by atoms with E-state index in [4.69, 9.17) is 17.3 Å². The third-order valence-electron chi connectivity index (χ3n) is 1.90. The van der Waals surface area contributed by atoms with Crippen LogP contribution in [0.3, 0.4) is 0 Å². The van der Waals surface area contributed by atoms with E-state index >= 15 is 0 Å². The van der Waals surface area contributed by atoms with Crippen LogP contribution >= 0.6 is 11.6 Å². The van der Waals surface area contributed by atoms with Gasteiger partial charge in [0.15, 0.2) is 0 Å². The largest absolute Gasteiger partial charge is 0.366 e. The van der Waals surface area contributed by atoms with Gasteiger partial charge in [-0.2, -0.15) is 0 Å². The van der Waals surface area contributed by atoms with Gasteiger partial charge in [0.2, 0.25) is 5.91 Å². The normalized spacial score (nSPS) is 9.92. The van der Waals surface area contributed by atoms with Crippen LogP contribution in [-0.4, -0.2) is 5.91 Å². The lowest BCUT2D eigenvalue weighted by Crippen LogP contribution is -2.13. The van der Waals surface area contributed by atoms with Crippen LogP contribution in [0.4, 0.5) is 0 Å². The van der Waals surface area contributed by atoms with E-state index in [-0.39, 0.29) is 0 Å². The number of amides is 1. The maximum Gasteiger partial charge on any atom is 0.249 e. The quantitative estimate of drug-likeness (QED) is 0.712. The second kappa shape index (κ2) is 3.15. The summed E-state index contributed by atoms with van der Waals surface area (Å²) in [6.45, 7) is 3.75. The summed E-state index contributed by atoms with van der Waals surface area (Å²) in [5, 5.41) is 0.548. The first kappa shape index (κ1) is 9.07. The lowest BCUT2D eigenvalue weighted by atomic mass is 10.0. The third-order valence-corrected chi connectivity index (χ3v) is 2.12. The van der Waals surface area contributed by atoms with Crippen molar-refractivity contribution >= 4 is 17.5 Å². The molecule has 0 radical (unpaired) electrons. The van der Waals surface area contributed by atoms with Crippen LogP contribution in [-0.2, 0) is 0 Å². The van der Waals surface area contributed by atoms with Crippen LogP contribution in [0.15, 0.2) is 12.1 Å². The molecule has 0 heterocycles. The van der Waals surface area contributed by atoms with Crippen molar-refractivity contribution in [3.8, 4) is 0 Å². The number of aryl methyl sites for hydroxylation is 1. The van der Waals surface area contributed by atoms with Crippen LogP contribution in [0, 0.1) is 13.8 Å². The number of rotatable bonds is 1. The zero-order valence-electron chi connectivity index (χ0n) is 7.02. The fourth-order valence-electron chi connectivity index (χ4n) is 1.07. The van der Waals surface area contributed by atoms with Gasteiger partial charge in [0.1, 0.15) is 0 Å². The maximum atomic E-state index is 10.9. The number of halogens is 1. The molecular weight excluding hydrogens is 174 g/mol. The average Bonchev–Trinajstić information content (AvgIpc) is 1.96. The molecule has 0 aliphatic heterocycles. The second-order valence-corrected chi connectivity index (χ2v) is 3.20. The van der Waals surface area contributed by atoms with Crippen molar-refractivity contribution < 1.29 is 4.79 Å². The van der Waals surface area contributed by atoms with E-state index in [1.807, 2.05) is 19.9 Å². The molecule has 1 amide bonds. The number of hydrogen-bond acceptors (Lipinski definition) is 1. The molecule has 0 unspecified atom stereocenters. The van der Waals surface area contributed by atoms with E-state index in [1.165, 1.54) is 0 Å². The van der Waals surface area contributed by atoms with Crippen LogP contribution in [0.2, 0.25) is 5.02 Å². The summed E-state index contributed by atoms with van der Waals surface area (Å²) < 4.78 is 0. The average molecular weight is 184 g/mol. The predicted molar refractivity (Wildman–Crippen MR) is 49.4 cm³/mol. The number of benzene rings is 1. The van der Waals surface area contributed by atoms with Crippen molar-refractivity contribution in [1.29, 1.82) is 0 Å². The first-order valence-corrected chi connectivity index (χ1v) is 3.96. The fraction of sp³-hybridized carbons (Fsp3) is 0.222. The summed E-state index contributed by atoms with van der Waals surface area (Å²) in [5.74, 6) is -0.432. The Morgan fingerprint density at radius 3 is 2.50 bits per heavy atom. The summed E-state index contributed by atoms with van der Waals surface area (Å²) in [5.41, 5.74) is 7.53.